The van der Waals surface area contributed by atoms with Gasteiger partial charge in [0.2, 0.25) is 0 Å². The molecular weight excluding hydrogens is 162 g/mol. The number of rotatable bonds is 6. The second kappa shape index (κ2) is 6.31. The van der Waals surface area contributed by atoms with Crippen LogP contribution in [0.1, 0.15) is 13.8 Å². The molecule has 1 unspecified atom stereocenters. The third-order valence-corrected chi connectivity index (χ3v) is 1.95. The lowest BCUT2D eigenvalue weighted by atomic mass is 9.96. The maximum atomic E-state index is 11.7. The number of hydrogen-bond acceptors (Lipinski definition) is 2. The van der Waals surface area contributed by atoms with E-state index < -0.39 is 6.43 Å². The summed E-state index contributed by atoms with van der Waals surface area (Å²) in [7, 11) is 0. The molecule has 0 saturated carbocycles. The molecule has 0 spiro atoms. The zero-order chi connectivity index (χ0) is 9.56. The van der Waals surface area contributed by atoms with Crippen LogP contribution in [-0.4, -0.2) is 26.1 Å². The summed E-state index contributed by atoms with van der Waals surface area (Å²) in [4.78, 5) is 0. The van der Waals surface area contributed by atoms with Crippen LogP contribution in [0.3, 0.4) is 0 Å². The fraction of sp³-hybridized carbons (Fsp3) is 1.00. The molecule has 0 heterocycles. The summed E-state index contributed by atoms with van der Waals surface area (Å²) in [6.07, 6.45) is -2.27. The Morgan fingerprint density at radius 3 is 2.17 bits per heavy atom. The number of hydrogen-bond donors (Lipinski definition) is 2. The Morgan fingerprint density at radius 1 is 1.25 bits per heavy atom. The van der Waals surface area contributed by atoms with Crippen molar-refractivity contribution in [3.63, 3.8) is 0 Å². The predicted octanol–water partition coefficient (Wildman–Crippen LogP) is 1.07. The van der Waals surface area contributed by atoms with E-state index in [2.05, 4.69) is 5.32 Å². The number of alkyl halides is 2. The molecule has 0 amide bonds. The molecule has 0 aliphatic rings. The largest absolute Gasteiger partial charge is 0.330 e. The lowest BCUT2D eigenvalue weighted by Crippen LogP contribution is -2.33. The molecule has 0 aromatic rings. The van der Waals surface area contributed by atoms with Gasteiger partial charge >= 0.3 is 0 Å². The molecule has 0 fully saturated rings. The van der Waals surface area contributed by atoms with Crippen molar-refractivity contribution in [2.45, 2.75) is 20.3 Å². The van der Waals surface area contributed by atoms with E-state index in [0.29, 0.717) is 24.9 Å². The lowest BCUT2D eigenvalue weighted by molar-refractivity contribution is 0.143. The third kappa shape index (κ3) is 5.43. The first-order chi connectivity index (χ1) is 5.57. The van der Waals surface area contributed by atoms with E-state index >= 15 is 0 Å². The zero-order valence-electron chi connectivity index (χ0n) is 7.69. The van der Waals surface area contributed by atoms with Gasteiger partial charge in [-0.15, -0.1) is 0 Å². The first-order valence-corrected chi connectivity index (χ1v) is 4.26. The highest BCUT2D eigenvalue weighted by Gasteiger charge is 2.11. The van der Waals surface area contributed by atoms with Crippen LogP contribution >= 0.6 is 0 Å². The van der Waals surface area contributed by atoms with Gasteiger partial charge in [-0.3, -0.25) is 0 Å². The molecule has 74 valence electrons. The SMILES string of the molecule is CC(C)C(CN)CNCC(F)F. The minimum absolute atomic E-state index is 0.233. The maximum absolute atomic E-state index is 11.7. The van der Waals surface area contributed by atoms with Crippen molar-refractivity contribution < 1.29 is 8.78 Å². The van der Waals surface area contributed by atoms with Gasteiger partial charge in [0.15, 0.2) is 0 Å². The van der Waals surface area contributed by atoms with Crippen LogP contribution < -0.4 is 11.1 Å². The van der Waals surface area contributed by atoms with E-state index in [1.807, 2.05) is 13.8 Å². The van der Waals surface area contributed by atoms with Crippen LogP contribution in [0.5, 0.6) is 0 Å². The molecule has 0 aliphatic carbocycles. The van der Waals surface area contributed by atoms with Crippen LogP contribution in [0.4, 0.5) is 8.78 Å². The average molecular weight is 180 g/mol. The molecule has 4 heteroatoms. The molecule has 0 rings (SSSR count). The third-order valence-electron chi connectivity index (χ3n) is 1.95. The van der Waals surface area contributed by atoms with Crippen molar-refractivity contribution in [3.05, 3.63) is 0 Å². The van der Waals surface area contributed by atoms with Gasteiger partial charge in [0, 0.05) is 0 Å². The Labute approximate surface area is 72.5 Å². The monoisotopic (exact) mass is 180 g/mol. The quantitative estimate of drug-likeness (QED) is 0.641. The first kappa shape index (κ1) is 11.8. The van der Waals surface area contributed by atoms with Gasteiger partial charge in [-0.1, -0.05) is 13.8 Å². The number of halogens is 2. The van der Waals surface area contributed by atoms with E-state index in [1.165, 1.54) is 0 Å². The molecule has 0 bridgehead atoms. The van der Waals surface area contributed by atoms with Crippen LogP contribution in [0.15, 0.2) is 0 Å². The fourth-order valence-corrected chi connectivity index (χ4v) is 0.969. The van der Waals surface area contributed by atoms with Gasteiger partial charge in [0.25, 0.3) is 6.43 Å². The van der Waals surface area contributed by atoms with Crippen molar-refractivity contribution in [1.29, 1.82) is 0 Å². The summed E-state index contributed by atoms with van der Waals surface area (Å²) in [6, 6.07) is 0. The van der Waals surface area contributed by atoms with Crippen molar-refractivity contribution >= 4 is 0 Å². The minimum atomic E-state index is -2.27. The molecular formula is C8H18F2N2. The Hall–Kier alpha value is -0.220. The van der Waals surface area contributed by atoms with Crippen LogP contribution in [0.2, 0.25) is 0 Å². The van der Waals surface area contributed by atoms with E-state index in [0.717, 1.165) is 0 Å². The molecule has 1 atom stereocenters. The Kier molecular flexibility index (Phi) is 6.20. The van der Waals surface area contributed by atoms with Gasteiger partial charge < -0.3 is 11.1 Å². The summed E-state index contributed by atoms with van der Waals surface area (Å²) in [5.41, 5.74) is 5.46. The predicted molar refractivity (Wildman–Crippen MR) is 46.3 cm³/mol. The van der Waals surface area contributed by atoms with Crippen molar-refractivity contribution in [1.82, 2.24) is 5.32 Å². The van der Waals surface area contributed by atoms with Gasteiger partial charge in [-0.25, -0.2) is 8.78 Å². The second-order valence-electron chi connectivity index (χ2n) is 3.29. The topological polar surface area (TPSA) is 38.0 Å². The van der Waals surface area contributed by atoms with E-state index in [9.17, 15) is 8.78 Å². The van der Waals surface area contributed by atoms with E-state index in [1.54, 1.807) is 0 Å². The van der Waals surface area contributed by atoms with Crippen molar-refractivity contribution in [3.8, 4) is 0 Å². The lowest BCUT2D eigenvalue weighted by Gasteiger charge is -2.18. The van der Waals surface area contributed by atoms with Gasteiger partial charge in [0.1, 0.15) is 0 Å². The summed E-state index contributed by atoms with van der Waals surface area (Å²) >= 11 is 0. The van der Waals surface area contributed by atoms with Crippen molar-refractivity contribution in [2.75, 3.05) is 19.6 Å². The van der Waals surface area contributed by atoms with E-state index in [-0.39, 0.29) is 6.54 Å². The van der Waals surface area contributed by atoms with Gasteiger partial charge in [0.05, 0.1) is 6.54 Å². The smallest absolute Gasteiger partial charge is 0.250 e. The summed E-state index contributed by atoms with van der Waals surface area (Å²) < 4.78 is 23.4. The zero-order valence-corrected chi connectivity index (χ0v) is 7.69. The van der Waals surface area contributed by atoms with E-state index in [4.69, 9.17) is 5.73 Å². The van der Waals surface area contributed by atoms with Gasteiger partial charge in [-0.05, 0) is 24.9 Å². The maximum Gasteiger partial charge on any atom is 0.250 e. The summed E-state index contributed by atoms with van der Waals surface area (Å²) in [6.45, 7) is 4.98. The molecule has 0 aromatic carbocycles. The highest BCUT2D eigenvalue weighted by atomic mass is 19.3. The molecule has 12 heavy (non-hydrogen) atoms. The highest BCUT2D eigenvalue weighted by molar-refractivity contribution is 4.66. The molecule has 0 aliphatic heterocycles. The second-order valence-corrected chi connectivity index (χ2v) is 3.29. The Balaban J connectivity index is 3.45. The Morgan fingerprint density at radius 2 is 1.83 bits per heavy atom. The molecule has 3 N–H and O–H groups in total. The minimum Gasteiger partial charge on any atom is -0.330 e. The van der Waals surface area contributed by atoms with Crippen LogP contribution in [0, 0.1) is 11.8 Å². The fourth-order valence-electron chi connectivity index (χ4n) is 0.969. The number of nitrogens with two attached hydrogens (primary N) is 1. The number of nitrogens with one attached hydrogen (secondary N) is 1. The van der Waals surface area contributed by atoms with Crippen LogP contribution in [0.25, 0.3) is 0 Å². The normalized spacial score (nSPS) is 14.2. The highest BCUT2D eigenvalue weighted by Crippen LogP contribution is 2.07. The summed E-state index contributed by atoms with van der Waals surface area (Å²) in [5.74, 6) is 0.740. The Bertz CT molecular complexity index is 107. The average Bonchev–Trinajstić information content (AvgIpc) is 1.96. The first-order valence-electron chi connectivity index (χ1n) is 4.26. The molecule has 0 saturated heterocycles. The summed E-state index contributed by atoms with van der Waals surface area (Å²) in [5, 5.41) is 2.69. The van der Waals surface area contributed by atoms with Gasteiger partial charge in [-0.2, -0.15) is 0 Å². The molecule has 0 aromatic heterocycles. The molecule has 2 nitrogen and oxygen atoms in total. The van der Waals surface area contributed by atoms with Crippen LogP contribution in [-0.2, 0) is 0 Å². The standard InChI is InChI=1S/C8H18F2N2/c1-6(2)7(3-11)4-12-5-8(9)10/h6-8,12H,3-5,11H2,1-2H3. The molecule has 0 radical (unpaired) electrons. The van der Waals surface area contributed by atoms with Crippen molar-refractivity contribution in [2.24, 2.45) is 17.6 Å².